The van der Waals surface area contributed by atoms with Crippen molar-refractivity contribution in [1.29, 1.82) is 10.5 Å². The molecule has 0 aliphatic carbocycles. The Morgan fingerprint density at radius 3 is 2.43 bits per heavy atom. The van der Waals surface area contributed by atoms with Gasteiger partial charge in [-0.1, -0.05) is 30.3 Å². The molecule has 0 aliphatic heterocycles. The second-order valence-electron chi connectivity index (χ2n) is 4.02. The van der Waals surface area contributed by atoms with E-state index in [4.69, 9.17) is 15.6 Å². The Kier molecular flexibility index (Phi) is 6.04. The molecule has 1 rings (SSSR count). The fraction of sp³-hybridized carbons (Fsp3) is 0.133. The van der Waals surface area contributed by atoms with Crippen LogP contribution in [0, 0.1) is 22.7 Å². The minimum Gasteiger partial charge on any atom is -0.478 e. The van der Waals surface area contributed by atoms with Crippen molar-refractivity contribution in [2.45, 2.75) is 13.3 Å². The summed E-state index contributed by atoms with van der Waals surface area (Å²) >= 11 is 0. The highest BCUT2D eigenvalue weighted by atomic mass is 16.4. The van der Waals surface area contributed by atoms with E-state index in [9.17, 15) is 4.79 Å². The summed E-state index contributed by atoms with van der Waals surface area (Å²) in [5, 5.41) is 33.6. The maximum atomic E-state index is 11.1. The Labute approximate surface area is 122 Å². The van der Waals surface area contributed by atoms with E-state index in [0.29, 0.717) is 6.42 Å². The minimum atomic E-state index is -1.09. The zero-order valence-corrected chi connectivity index (χ0v) is 11.3. The number of allylic oxidation sites excluding steroid dienone is 2. The first-order chi connectivity index (χ1) is 10.1. The number of benzene rings is 1. The number of nitriles is 2. The third kappa shape index (κ3) is 5.09. The van der Waals surface area contributed by atoms with Gasteiger partial charge in [0, 0.05) is 6.42 Å². The van der Waals surface area contributed by atoms with Gasteiger partial charge in [0.1, 0.15) is 17.7 Å². The van der Waals surface area contributed by atoms with E-state index >= 15 is 0 Å². The Morgan fingerprint density at radius 1 is 1.29 bits per heavy atom. The van der Waals surface area contributed by atoms with Crippen LogP contribution < -0.4 is 0 Å². The maximum Gasteiger partial charge on any atom is 0.333 e. The van der Waals surface area contributed by atoms with Crippen molar-refractivity contribution in [3.05, 3.63) is 58.9 Å². The van der Waals surface area contributed by atoms with Crippen molar-refractivity contribution in [3.63, 3.8) is 0 Å². The van der Waals surface area contributed by atoms with Crippen molar-refractivity contribution < 1.29 is 9.90 Å². The van der Waals surface area contributed by atoms with Gasteiger partial charge in [0.25, 0.3) is 0 Å². The summed E-state index contributed by atoms with van der Waals surface area (Å²) in [7, 11) is 0. The zero-order valence-electron chi connectivity index (χ0n) is 11.3. The Bertz CT molecular complexity index is 673. The number of carboxylic acid groups (broad SMARTS) is 1. The number of hydrogen-bond acceptors (Lipinski definition) is 5. The molecule has 0 unspecified atom stereocenters. The molecule has 0 fully saturated rings. The van der Waals surface area contributed by atoms with E-state index in [1.807, 2.05) is 30.3 Å². The molecule has 0 bridgehead atoms. The van der Waals surface area contributed by atoms with Crippen LogP contribution in [-0.4, -0.2) is 11.1 Å². The van der Waals surface area contributed by atoms with Crippen LogP contribution in [0.4, 0.5) is 0 Å². The van der Waals surface area contributed by atoms with E-state index in [-0.39, 0.29) is 16.8 Å². The molecule has 1 aromatic rings. The van der Waals surface area contributed by atoms with Crippen molar-refractivity contribution in [1.82, 2.24) is 0 Å². The third-order valence-corrected chi connectivity index (χ3v) is 2.57. The van der Waals surface area contributed by atoms with Crippen LogP contribution in [0.1, 0.15) is 12.5 Å². The molecule has 6 heteroatoms. The van der Waals surface area contributed by atoms with Crippen LogP contribution in [-0.2, 0) is 11.2 Å². The van der Waals surface area contributed by atoms with Crippen molar-refractivity contribution in [2.24, 2.45) is 10.2 Å². The zero-order chi connectivity index (χ0) is 15.7. The summed E-state index contributed by atoms with van der Waals surface area (Å²) in [5.74, 6) is -1.09. The van der Waals surface area contributed by atoms with Gasteiger partial charge in [0.15, 0.2) is 0 Å². The highest BCUT2D eigenvalue weighted by Crippen LogP contribution is 2.14. The van der Waals surface area contributed by atoms with Gasteiger partial charge in [-0.05, 0) is 12.5 Å². The third-order valence-electron chi connectivity index (χ3n) is 2.57. The van der Waals surface area contributed by atoms with Gasteiger partial charge >= 0.3 is 5.97 Å². The largest absolute Gasteiger partial charge is 0.478 e. The molecular weight excluding hydrogens is 268 g/mol. The number of carboxylic acids is 1. The van der Waals surface area contributed by atoms with Crippen LogP contribution in [0.3, 0.4) is 0 Å². The molecule has 0 atom stereocenters. The van der Waals surface area contributed by atoms with Crippen LogP contribution in [0.2, 0.25) is 0 Å². The summed E-state index contributed by atoms with van der Waals surface area (Å²) < 4.78 is 0. The standard InChI is InChI=1S/C15H12N4O2/c1-11(15(20)21)14(7-12-5-3-2-4-6-12)19-18-10-13(8-16)9-17/h2-6,10H,7H2,1H3,(H,20,21). The van der Waals surface area contributed by atoms with E-state index < -0.39 is 5.97 Å². The van der Waals surface area contributed by atoms with Crippen LogP contribution in [0.15, 0.2) is 63.6 Å². The Morgan fingerprint density at radius 2 is 1.90 bits per heavy atom. The van der Waals surface area contributed by atoms with Gasteiger partial charge in [-0.25, -0.2) is 4.79 Å². The molecule has 104 valence electrons. The molecule has 0 saturated heterocycles. The number of aliphatic carboxylic acids is 1. The van der Waals surface area contributed by atoms with Crippen molar-refractivity contribution >= 4 is 5.97 Å². The molecule has 0 aliphatic rings. The average molecular weight is 280 g/mol. The number of nitrogens with zero attached hydrogens (tertiary/aromatic N) is 4. The van der Waals surface area contributed by atoms with Crippen LogP contribution >= 0.6 is 0 Å². The first-order valence-corrected chi connectivity index (χ1v) is 5.96. The van der Waals surface area contributed by atoms with Crippen molar-refractivity contribution in [2.75, 3.05) is 0 Å². The fourth-order valence-corrected chi connectivity index (χ4v) is 1.39. The van der Waals surface area contributed by atoms with Crippen LogP contribution in [0.25, 0.3) is 0 Å². The molecule has 0 aromatic heterocycles. The fourth-order valence-electron chi connectivity index (χ4n) is 1.39. The summed E-state index contributed by atoms with van der Waals surface area (Å²) in [4.78, 5) is 11.1. The van der Waals surface area contributed by atoms with Gasteiger partial charge in [-0.3, -0.25) is 0 Å². The van der Waals surface area contributed by atoms with Gasteiger partial charge in [-0.2, -0.15) is 20.8 Å². The summed E-state index contributed by atoms with van der Waals surface area (Å²) in [6, 6.07) is 12.5. The SMILES string of the molecule is CC(C(=O)O)=C(Cc1ccccc1)N=NC=C(C#N)C#N. The lowest BCUT2D eigenvalue weighted by Crippen LogP contribution is -2.02. The normalized spacial score (nSPS) is 11.2. The Balaban J connectivity index is 3.07. The van der Waals surface area contributed by atoms with Crippen LogP contribution in [0.5, 0.6) is 0 Å². The molecule has 6 nitrogen and oxygen atoms in total. The molecule has 0 amide bonds. The topological polar surface area (TPSA) is 110 Å². The molecule has 0 saturated carbocycles. The number of carbonyl (C=O) groups is 1. The van der Waals surface area contributed by atoms with Gasteiger partial charge < -0.3 is 5.11 Å². The van der Waals surface area contributed by atoms with E-state index in [1.54, 1.807) is 12.1 Å². The highest BCUT2D eigenvalue weighted by molar-refractivity contribution is 5.86. The second kappa shape index (κ2) is 8.03. The first-order valence-electron chi connectivity index (χ1n) is 5.96. The van der Waals surface area contributed by atoms with Crippen molar-refractivity contribution in [3.8, 4) is 12.1 Å². The minimum absolute atomic E-state index is 0.0615. The average Bonchev–Trinajstić information content (AvgIpc) is 2.50. The summed E-state index contributed by atoms with van der Waals surface area (Å²) in [6.45, 7) is 1.43. The molecule has 1 aromatic carbocycles. The lowest BCUT2D eigenvalue weighted by Gasteiger charge is -2.03. The summed E-state index contributed by atoms with van der Waals surface area (Å²) in [6.07, 6.45) is 1.30. The molecule has 0 spiro atoms. The molecule has 21 heavy (non-hydrogen) atoms. The first kappa shape index (κ1) is 15.8. The predicted octanol–water partition coefficient (Wildman–Crippen LogP) is 2.97. The second-order valence-corrected chi connectivity index (χ2v) is 4.02. The molecule has 0 heterocycles. The van der Waals surface area contributed by atoms with Gasteiger partial charge in [0.05, 0.1) is 17.5 Å². The van der Waals surface area contributed by atoms with Gasteiger partial charge in [-0.15, -0.1) is 0 Å². The van der Waals surface area contributed by atoms with E-state index in [1.165, 1.54) is 6.92 Å². The number of hydrogen-bond donors (Lipinski definition) is 1. The Hall–Kier alpha value is -3.25. The maximum absolute atomic E-state index is 11.1. The quantitative estimate of drug-likeness (QED) is 0.507. The molecule has 0 radical (unpaired) electrons. The molecular formula is C15H12N4O2. The summed E-state index contributed by atoms with van der Waals surface area (Å²) in [5.41, 5.74) is 1.01. The monoisotopic (exact) mass is 280 g/mol. The number of rotatable bonds is 5. The highest BCUT2D eigenvalue weighted by Gasteiger charge is 2.09. The predicted molar refractivity (Wildman–Crippen MR) is 74.6 cm³/mol. The lowest BCUT2D eigenvalue weighted by atomic mass is 10.1. The van der Waals surface area contributed by atoms with E-state index in [0.717, 1.165) is 11.8 Å². The smallest absolute Gasteiger partial charge is 0.333 e. The van der Waals surface area contributed by atoms with Gasteiger partial charge in [0.2, 0.25) is 0 Å². The van der Waals surface area contributed by atoms with E-state index in [2.05, 4.69) is 10.2 Å². The lowest BCUT2D eigenvalue weighted by molar-refractivity contribution is -0.132. The molecule has 1 N–H and O–H groups in total. The number of azo groups is 1.